The summed E-state index contributed by atoms with van der Waals surface area (Å²) in [7, 11) is 0. The van der Waals surface area contributed by atoms with E-state index >= 15 is 0 Å². The lowest BCUT2D eigenvalue weighted by Gasteiger charge is -2.24. The van der Waals surface area contributed by atoms with Crippen molar-refractivity contribution in [2.45, 2.75) is 45.2 Å². The van der Waals surface area contributed by atoms with Crippen LogP contribution in [0.25, 0.3) is 0 Å². The van der Waals surface area contributed by atoms with Gasteiger partial charge in [0.15, 0.2) is 5.82 Å². The van der Waals surface area contributed by atoms with E-state index < -0.39 is 0 Å². The first-order chi connectivity index (χ1) is 9.24. The third-order valence-corrected chi connectivity index (χ3v) is 3.65. The van der Waals surface area contributed by atoms with Crippen molar-refractivity contribution >= 4 is 0 Å². The van der Waals surface area contributed by atoms with Crippen LogP contribution in [0, 0.1) is 6.92 Å². The highest BCUT2D eigenvalue weighted by Gasteiger charge is 2.22. The fourth-order valence-corrected chi connectivity index (χ4v) is 2.60. The molecule has 102 valence electrons. The van der Waals surface area contributed by atoms with Gasteiger partial charge in [-0.05, 0) is 26.7 Å². The predicted molar refractivity (Wildman–Crippen MR) is 69.7 cm³/mol. The Morgan fingerprint density at radius 2 is 2.47 bits per heavy atom. The number of hydrogen-bond donors (Lipinski definition) is 1. The van der Waals surface area contributed by atoms with Crippen LogP contribution >= 0.6 is 0 Å². The molecule has 0 saturated carbocycles. The molecule has 6 nitrogen and oxygen atoms in total. The molecule has 0 spiro atoms. The molecule has 2 aromatic heterocycles. The Morgan fingerprint density at radius 3 is 3.26 bits per heavy atom. The summed E-state index contributed by atoms with van der Waals surface area (Å²) in [6.07, 6.45) is 6.34. The molecular formula is C13H19N5O. The van der Waals surface area contributed by atoms with Crippen LogP contribution in [0.1, 0.15) is 49.3 Å². The van der Waals surface area contributed by atoms with Crippen molar-refractivity contribution in [2.24, 2.45) is 0 Å². The third kappa shape index (κ3) is 2.53. The summed E-state index contributed by atoms with van der Waals surface area (Å²) >= 11 is 0. The van der Waals surface area contributed by atoms with E-state index in [9.17, 15) is 0 Å². The molecule has 0 fully saturated rings. The molecule has 0 bridgehead atoms. The maximum absolute atomic E-state index is 5.18. The molecule has 0 aromatic carbocycles. The van der Waals surface area contributed by atoms with Gasteiger partial charge in [0, 0.05) is 31.4 Å². The molecule has 0 aliphatic carbocycles. The zero-order valence-electron chi connectivity index (χ0n) is 11.3. The van der Waals surface area contributed by atoms with Gasteiger partial charge >= 0.3 is 0 Å². The van der Waals surface area contributed by atoms with Crippen LogP contribution in [0.3, 0.4) is 0 Å². The van der Waals surface area contributed by atoms with Crippen molar-refractivity contribution in [1.82, 2.24) is 25.0 Å². The molecule has 19 heavy (non-hydrogen) atoms. The van der Waals surface area contributed by atoms with Crippen LogP contribution in [0.15, 0.2) is 16.9 Å². The summed E-state index contributed by atoms with van der Waals surface area (Å²) in [6.45, 7) is 5.85. The van der Waals surface area contributed by atoms with E-state index in [1.165, 1.54) is 18.7 Å². The van der Waals surface area contributed by atoms with E-state index in [0.29, 0.717) is 17.6 Å². The summed E-state index contributed by atoms with van der Waals surface area (Å²) in [5.74, 6) is 2.98. The van der Waals surface area contributed by atoms with Gasteiger partial charge in [-0.3, -0.25) is 0 Å². The summed E-state index contributed by atoms with van der Waals surface area (Å²) in [4.78, 5) is 8.71. The van der Waals surface area contributed by atoms with E-state index in [4.69, 9.17) is 4.52 Å². The Kier molecular flexibility index (Phi) is 3.33. The van der Waals surface area contributed by atoms with E-state index in [-0.39, 0.29) is 6.04 Å². The zero-order valence-corrected chi connectivity index (χ0v) is 11.3. The molecule has 2 aromatic rings. The van der Waals surface area contributed by atoms with Crippen LogP contribution in [-0.2, 0) is 6.54 Å². The van der Waals surface area contributed by atoms with E-state index in [0.717, 1.165) is 13.1 Å². The monoisotopic (exact) mass is 261 g/mol. The molecule has 0 amide bonds. The quantitative estimate of drug-likeness (QED) is 0.909. The van der Waals surface area contributed by atoms with Gasteiger partial charge in [-0.15, -0.1) is 0 Å². The topological polar surface area (TPSA) is 68.8 Å². The fraction of sp³-hybridized carbons (Fsp3) is 0.615. The van der Waals surface area contributed by atoms with Gasteiger partial charge in [0.1, 0.15) is 5.82 Å². The molecule has 6 heteroatoms. The van der Waals surface area contributed by atoms with Crippen molar-refractivity contribution in [1.29, 1.82) is 0 Å². The number of hydrogen-bond acceptors (Lipinski definition) is 5. The zero-order chi connectivity index (χ0) is 13.2. The van der Waals surface area contributed by atoms with Crippen molar-refractivity contribution in [3.63, 3.8) is 0 Å². The second-order valence-electron chi connectivity index (χ2n) is 5.13. The Morgan fingerprint density at radius 1 is 1.58 bits per heavy atom. The number of aromatic nitrogens is 4. The second-order valence-corrected chi connectivity index (χ2v) is 5.13. The molecular weight excluding hydrogens is 242 g/mol. The van der Waals surface area contributed by atoms with Gasteiger partial charge in [-0.2, -0.15) is 4.98 Å². The minimum atomic E-state index is 0.0755. The highest BCUT2D eigenvalue weighted by molar-refractivity contribution is 5.04. The Labute approximate surface area is 112 Å². The summed E-state index contributed by atoms with van der Waals surface area (Å²) < 4.78 is 7.42. The maximum Gasteiger partial charge on any atom is 0.243 e. The summed E-state index contributed by atoms with van der Waals surface area (Å²) in [6, 6.07) is 0.0755. The minimum Gasteiger partial charge on any atom is -0.338 e. The molecule has 2 atom stereocenters. The second kappa shape index (κ2) is 5.13. The molecule has 2 unspecified atom stereocenters. The van der Waals surface area contributed by atoms with Crippen molar-refractivity contribution in [3.05, 3.63) is 29.9 Å². The van der Waals surface area contributed by atoms with Gasteiger partial charge < -0.3 is 14.4 Å². The lowest BCUT2D eigenvalue weighted by molar-refractivity contribution is 0.326. The van der Waals surface area contributed by atoms with Crippen molar-refractivity contribution in [2.75, 3.05) is 6.54 Å². The van der Waals surface area contributed by atoms with Crippen LogP contribution in [-0.4, -0.2) is 26.2 Å². The van der Waals surface area contributed by atoms with E-state index in [2.05, 4.69) is 31.2 Å². The van der Waals surface area contributed by atoms with Crippen LogP contribution in [0.2, 0.25) is 0 Å². The van der Waals surface area contributed by atoms with Crippen LogP contribution in [0.4, 0.5) is 0 Å². The predicted octanol–water partition coefficient (Wildman–Crippen LogP) is 1.80. The molecule has 3 rings (SSSR count). The molecule has 1 aliphatic heterocycles. The smallest absolute Gasteiger partial charge is 0.243 e. The van der Waals surface area contributed by atoms with Crippen molar-refractivity contribution in [3.8, 4) is 0 Å². The van der Waals surface area contributed by atoms with Crippen molar-refractivity contribution < 1.29 is 4.52 Å². The fourth-order valence-electron chi connectivity index (χ4n) is 2.60. The minimum absolute atomic E-state index is 0.0755. The highest BCUT2D eigenvalue weighted by Crippen LogP contribution is 2.25. The van der Waals surface area contributed by atoms with E-state index in [1.807, 2.05) is 20.0 Å². The van der Waals surface area contributed by atoms with E-state index in [1.54, 1.807) is 0 Å². The number of rotatable bonds is 4. The Balaban J connectivity index is 1.62. The summed E-state index contributed by atoms with van der Waals surface area (Å²) in [5.41, 5.74) is 0. The third-order valence-electron chi connectivity index (χ3n) is 3.65. The number of nitrogens with zero attached hydrogens (tertiary/aromatic N) is 4. The standard InChI is InChI=1S/C13H19N5O/c1-9(13-16-10(2)17-19-13)15-8-11-4-3-6-18-7-5-14-12(11)18/h5,7,9,11,15H,3-4,6,8H2,1-2H3. The van der Waals surface area contributed by atoms with Crippen LogP contribution < -0.4 is 5.32 Å². The lowest BCUT2D eigenvalue weighted by atomic mass is 9.98. The highest BCUT2D eigenvalue weighted by atomic mass is 16.5. The van der Waals surface area contributed by atoms with Crippen LogP contribution in [0.5, 0.6) is 0 Å². The maximum atomic E-state index is 5.18. The number of fused-ring (bicyclic) bond motifs is 1. The Bertz CT molecular complexity index is 547. The normalized spacial score (nSPS) is 20.2. The average molecular weight is 261 g/mol. The summed E-state index contributed by atoms with van der Waals surface area (Å²) in [5, 5.41) is 7.28. The number of nitrogens with one attached hydrogen (secondary N) is 1. The molecule has 1 N–H and O–H groups in total. The van der Waals surface area contributed by atoms with Gasteiger partial charge in [0.05, 0.1) is 6.04 Å². The van der Waals surface area contributed by atoms with Gasteiger partial charge in [0.2, 0.25) is 5.89 Å². The first-order valence-corrected chi connectivity index (χ1v) is 6.78. The molecule has 0 radical (unpaired) electrons. The molecule has 0 saturated heterocycles. The lowest BCUT2D eigenvalue weighted by Crippen LogP contribution is -2.28. The first-order valence-electron chi connectivity index (χ1n) is 6.78. The SMILES string of the molecule is Cc1noc(C(C)NCC2CCCn3ccnc32)n1. The van der Waals surface area contributed by atoms with Gasteiger partial charge in [0.25, 0.3) is 0 Å². The number of imidazole rings is 1. The average Bonchev–Trinajstić information content (AvgIpc) is 3.04. The molecule has 3 heterocycles. The molecule has 1 aliphatic rings. The van der Waals surface area contributed by atoms with Gasteiger partial charge in [-0.25, -0.2) is 4.98 Å². The number of aryl methyl sites for hydroxylation is 2. The largest absolute Gasteiger partial charge is 0.338 e. The Hall–Kier alpha value is -1.69. The van der Waals surface area contributed by atoms with Gasteiger partial charge in [-0.1, -0.05) is 5.16 Å². The first kappa shape index (κ1) is 12.3.